The molecule has 172 valence electrons. The second-order valence-corrected chi connectivity index (χ2v) is 9.28. The topological polar surface area (TPSA) is 147 Å². The fourth-order valence-electron chi connectivity index (χ4n) is 3.61. The molecule has 1 aliphatic heterocycles. The highest BCUT2D eigenvalue weighted by molar-refractivity contribution is 7.89. The first-order chi connectivity index (χ1) is 15.9. The molecule has 0 unspecified atom stereocenters. The third-order valence-electron chi connectivity index (χ3n) is 5.36. The van der Waals surface area contributed by atoms with Gasteiger partial charge in [-0.1, -0.05) is 18.2 Å². The fourth-order valence-corrected chi connectivity index (χ4v) is 5.26. The molecule has 1 fully saturated rings. The summed E-state index contributed by atoms with van der Waals surface area (Å²) in [6.07, 6.45) is 2.27. The van der Waals surface area contributed by atoms with E-state index in [-0.39, 0.29) is 35.4 Å². The number of benzene rings is 1. The number of aromatic amines is 1. The molecular formula is C21H22N6O5S. The maximum atomic E-state index is 13.1. The van der Waals surface area contributed by atoms with Gasteiger partial charge in [-0.2, -0.15) is 9.29 Å². The van der Waals surface area contributed by atoms with Crippen LogP contribution in [0, 0.1) is 5.92 Å². The molecule has 1 aromatic carbocycles. The van der Waals surface area contributed by atoms with Gasteiger partial charge in [0.25, 0.3) is 0 Å². The number of carbonyl (C=O) groups excluding carboxylic acids is 2. The molecule has 0 spiro atoms. The van der Waals surface area contributed by atoms with E-state index >= 15 is 0 Å². The minimum atomic E-state index is -3.92. The molecule has 12 heteroatoms. The highest BCUT2D eigenvalue weighted by Gasteiger charge is 2.34. The van der Waals surface area contributed by atoms with Crippen molar-refractivity contribution >= 4 is 27.8 Å². The summed E-state index contributed by atoms with van der Waals surface area (Å²) in [6, 6.07) is 11.3. The Hall–Kier alpha value is -3.64. The number of methoxy groups -OCH3 is 1. The lowest BCUT2D eigenvalue weighted by Gasteiger charge is -2.30. The number of pyridine rings is 1. The van der Waals surface area contributed by atoms with Crippen molar-refractivity contribution in [2.45, 2.75) is 17.7 Å². The van der Waals surface area contributed by atoms with Gasteiger partial charge in [0.1, 0.15) is 5.69 Å². The van der Waals surface area contributed by atoms with Crippen LogP contribution in [0.25, 0.3) is 11.5 Å². The first-order valence-corrected chi connectivity index (χ1v) is 11.7. The summed E-state index contributed by atoms with van der Waals surface area (Å²) < 4.78 is 32.2. The van der Waals surface area contributed by atoms with Crippen molar-refractivity contribution in [1.82, 2.24) is 24.5 Å². The summed E-state index contributed by atoms with van der Waals surface area (Å²) >= 11 is 0. The smallest absolute Gasteiger partial charge is 0.339 e. The summed E-state index contributed by atoms with van der Waals surface area (Å²) in [5.74, 6) is -0.850. The van der Waals surface area contributed by atoms with E-state index in [4.69, 9.17) is 4.74 Å². The highest BCUT2D eigenvalue weighted by Crippen LogP contribution is 2.27. The lowest BCUT2D eigenvalue weighted by Crippen LogP contribution is -2.41. The van der Waals surface area contributed by atoms with Crippen LogP contribution in [-0.4, -0.2) is 65.0 Å². The number of anilines is 1. The molecule has 3 heterocycles. The summed E-state index contributed by atoms with van der Waals surface area (Å²) in [5, 5.41) is 9.40. The zero-order chi connectivity index (χ0) is 23.4. The second kappa shape index (κ2) is 9.46. The predicted octanol–water partition coefficient (Wildman–Crippen LogP) is 1.69. The Morgan fingerprint density at radius 1 is 1.12 bits per heavy atom. The molecule has 0 atom stereocenters. The first kappa shape index (κ1) is 22.6. The molecule has 0 aliphatic carbocycles. The summed E-state index contributed by atoms with van der Waals surface area (Å²) in [4.78, 5) is 33.0. The average molecular weight is 471 g/mol. The Labute approximate surface area is 190 Å². The molecule has 4 rings (SSSR count). The standard InChI is InChI=1S/C21H22N6O5S/c1-32-20(29)15-6-2-3-8-17(15)33(30,31)27-12-9-14(10-13-27)19(28)24-21-23-18(25-26-21)16-7-4-5-11-22-16/h2-8,11,14H,9-10,12-13H2,1H3,(H2,23,24,25,26,28). The average Bonchev–Trinajstić information content (AvgIpc) is 3.32. The molecule has 1 saturated heterocycles. The van der Waals surface area contributed by atoms with Crippen LogP contribution in [0.4, 0.5) is 5.95 Å². The molecule has 0 radical (unpaired) electrons. The van der Waals surface area contributed by atoms with Crippen LogP contribution in [0.1, 0.15) is 23.2 Å². The van der Waals surface area contributed by atoms with E-state index < -0.39 is 21.9 Å². The number of nitrogens with one attached hydrogen (secondary N) is 2. The van der Waals surface area contributed by atoms with Gasteiger partial charge in [0.2, 0.25) is 21.9 Å². The van der Waals surface area contributed by atoms with Gasteiger partial charge in [-0.15, -0.1) is 5.10 Å². The number of esters is 1. The normalized spacial score (nSPS) is 15.2. The van der Waals surface area contributed by atoms with Gasteiger partial charge in [-0.05, 0) is 37.1 Å². The van der Waals surface area contributed by atoms with E-state index in [0.717, 1.165) is 0 Å². The molecule has 2 N–H and O–H groups in total. The van der Waals surface area contributed by atoms with Gasteiger partial charge in [0, 0.05) is 25.2 Å². The number of sulfonamides is 1. The van der Waals surface area contributed by atoms with Crippen molar-refractivity contribution in [2.24, 2.45) is 5.92 Å². The summed E-state index contributed by atoms with van der Waals surface area (Å²) in [6.45, 7) is 0.284. The summed E-state index contributed by atoms with van der Waals surface area (Å²) in [5.41, 5.74) is 0.574. The van der Waals surface area contributed by atoms with Crippen LogP contribution in [0.15, 0.2) is 53.6 Å². The van der Waals surface area contributed by atoms with Crippen LogP contribution < -0.4 is 5.32 Å². The SMILES string of the molecule is COC(=O)c1ccccc1S(=O)(=O)N1CCC(C(=O)Nc2n[nH]c(-c3ccccn3)n2)CC1. The zero-order valence-corrected chi connectivity index (χ0v) is 18.6. The Morgan fingerprint density at radius 3 is 2.55 bits per heavy atom. The number of hydrogen-bond donors (Lipinski definition) is 2. The van der Waals surface area contributed by atoms with Crippen LogP contribution in [0.5, 0.6) is 0 Å². The van der Waals surface area contributed by atoms with Crippen molar-refractivity contribution in [3.8, 4) is 11.5 Å². The number of aromatic nitrogens is 4. The van der Waals surface area contributed by atoms with Gasteiger partial charge in [-0.3, -0.25) is 20.2 Å². The number of piperidine rings is 1. The largest absolute Gasteiger partial charge is 0.465 e. The van der Waals surface area contributed by atoms with Crippen LogP contribution in [0.3, 0.4) is 0 Å². The fraction of sp³-hybridized carbons (Fsp3) is 0.286. The maximum absolute atomic E-state index is 13.1. The Bertz CT molecular complexity index is 1250. The molecule has 2 aromatic heterocycles. The highest BCUT2D eigenvalue weighted by atomic mass is 32.2. The molecule has 0 bridgehead atoms. The molecule has 11 nitrogen and oxygen atoms in total. The number of carbonyl (C=O) groups is 2. The number of hydrogen-bond acceptors (Lipinski definition) is 8. The monoisotopic (exact) mass is 470 g/mol. The second-order valence-electron chi connectivity index (χ2n) is 7.38. The zero-order valence-electron chi connectivity index (χ0n) is 17.8. The van der Waals surface area contributed by atoms with Gasteiger partial charge in [-0.25, -0.2) is 13.2 Å². The van der Waals surface area contributed by atoms with Gasteiger partial charge >= 0.3 is 5.97 Å². The molecule has 1 amide bonds. The van der Waals surface area contributed by atoms with Crippen molar-refractivity contribution in [2.75, 3.05) is 25.5 Å². The van der Waals surface area contributed by atoms with Gasteiger partial charge in [0.15, 0.2) is 5.82 Å². The van der Waals surface area contributed by atoms with Crippen LogP contribution in [-0.2, 0) is 19.6 Å². The number of H-pyrrole nitrogens is 1. The third kappa shape index (κ3) is 4.76. The van der Waals surface area contributed by atoms with Crippen molar-refractivity contribution < 1.29 is 22.7 Å². The number of ether oxygens (including phenoxy) is 1. The van der Waals surface area contributed by atoms with Crippen molar-refractivity contribution in [1.29, 1.82) is 0 Å². The lowest BCUT2D eigenvalue weighted by molar-refractivity contribution is -0.121. The molecule has 3 aromatic rings. The van der Waals surface area contributed by atoms with Gasteiger partial charge < -0.3 is 4.74 Å². The number of amides is 1. The van der Waals surface area contributed by atoms with E-state index in [2.05, 4.69) is 25.5 Å². The number of nitrogens with zero attached hydrogens (tertiary/aromatic N) is 4. The molecule has 33 heavy (non-hydrogen) atoms. The van der Waals surface area contributed by atoms with E-state index in [0.29, 0.717) is 24.4 Å². The van der Waals surface area contributed by atoms with E-state index in [1.807, 2.05) is 6.07 Å². The predicted molar refractivity (Wildman–Crippen MR) is 118 cm³/mol. The maximum Gasteiger partial charge on any atom is 0.339 e. The van der Waals surface area contributed by atoms with E-state index in [1.165, 1.54) is 23.5 Å². The van der Waals surface area contributed by atoms with Gasteiger partial charge in [0.05, 0.1) is 17.6 Å². The van der Waals surface area contributed by atoms with Crippen LogP contribution >= 0.6 is 0 Å². The Balaban J connectivity index is 1.39. The minimum absolute atomic E-state index is 0.0202. The van der Waals surface area contributed by atoms with Crippen molar-refractivity contribution in [3.63, 3.8) is 0 Å². The van der Waals surface area contributed by atoms with E-state index in [1.54, 1.807) is 30.5 Å². The molecule has 0 saturated carbocycles. The minimum Gasteiger partial charge on any atom is -0.465 e. The molecule has 1 aliphatic rings. The third-order valence-corrected chi connectivity index (χ3v) is 7.32. The Kier molecular flexibility index (Phi) is 6.47. The lowest BCUT2D eigenvalue weighted by atomic mass is 9.97. The Morgan fingerprint density at radius 2 is 1.85 bits per heavy atom. The first-order valence-electron chi connectivity index (χ1n) is 10.2. The quantitative estimate of drug-likeness (QED) is 0.517. The van der Waals surface area contributed by atoms with Crippen LogP contribution in [0.2, 0.25) is 0 Å². The van der Waals surface area contributed by atoms with E-state index in [9.17, 15) is 18.0 Å². The number of rotatable bonds is 6. The summed E-state index contributed by atoms with van der Waals surface area (Å²) in [7, 11) is -2.72. The van der Waals surface area contributed by atoms with Crippen molar-refractivity contribution in [3.05, 3.63) is 54.2 Å². The molecular weight excluding hydrogens is 448 g/mol.